The number of benzene rings is 2. The van der Waals surface area contributed by atoms with Crippen molar-refractivity contribution >= 4 is 28.5 Å². The molecule has 0 radical (unpaired) electrons. The summed E-state index contributed by atoms with van der Waals surface area (Å²) in [6.07, 6.45) is 5.05. The predicted molar refractivity (Wildman–Crippen MR) is 153 cm³/mol. The molecule has 8 nitrogen and oxygen atoms in total. The van der Waals surface area contributed by atoms with Crippen LogP contribution in [-0.2, 0) is 25.5 Å². The molecule has 0 bridgehead atoms. The largest absolute Gasteiger partial charge is 0.377 e. The molecule has 39 heavy (non-hydrogen) atoms. The molecule has 0 spiro atoms. The Morgan fingerprint density at radius 3 is 2.56 bits per heavy atom. The van der Waals surface area contributed by atoms with E-state index < -0.39 is 17.5 Å². The summed E-state index contributed by atoms with van der Waals surface area (Å²) in [5.74, 6) is -0.502. The Morgan fingerprint density at radius 2 is 1.82 bits per heavy atom. The van der Waals surface area contributed by atoms with Gasteiger partial charge in [0.15, 0.2) is 0 Å². The van der Waals surface area contributed by atoms with Crippen molar-refractivity contribution < 1.29 is 19.1 Å². The molecule has 2 unspecified atom stereocenters. The monoisotopic (exact) mass is 536 g/mol. The molecule has 2 saturated heterocycles. The van der Waals surface area contributed by atoms with Crippen molar-refractivity contribution in [2.24, 2.45) is 5.41 Å². The van der Waals surface area contributed by atoms with Gasteiger partial charge in [-0.05, 0) is 55.0 Å². The van der Waals surface area contributed by atoms with E-state index in [4.69, 9.17) is 4.74 Å². The third-order valence-electron chi connectivity index (χ3n) is 7.57. The fourth-order valence-electron chi connectivity index (χ4n) is 5.41. The zero-order valence-corrected chi connectivity index (χ0v) is 23.6. The van der Waals surface area contributed by atoms with Crippen LogP contribution in [0.3, 0.4) is 0 Å². The van der Waals surface area contributed by atoms with Crippen molar-refractivity contribution in [2.75, 3.05) is 32.8 Å². The number of hydrogen-bond donors (Lipinski definition) is 3. The van der Waals surface area contributed by atoms with Gasteiger partial charge in [-0.15, -0.1) is 0 Å². The average Bonchev–Trinajstić information content (AvgIpc) is 3.61. The number of carbonyl (C=O) groups excluding carboxylic acids is 3. The molecule has 3 N–H and O–H groups in total. The summed E-state index contributed by atoms with van der Waals surface area (Å²) in [6, 6.07) is 12.9. The van der Waals surface area contributed by atoms with Crippen LogP contribution >= 0.6 is 0 Å². The van der Waals surface area contributed by atoms with Gasteiger partial charge in [0, 0.05) is 38.1 Å². The highest BCUT2D eigenvalue weighted by Crippen LogP contribution is 2.26. The van der Waals surface area contributed by atoms with Crippen molar-refractivity contribution in [3.8, 4) is 0 Å². The number of ether oxygens (including phenoxy) is 1. The van der Waals surface area contributed by atoms with E-state index in [9.17, 15) is 14.4 Å². The fourth-order valence-corrected chi connectivity index (χ4v) is 5.41. The predicted octanol–water partition coefficient (Wildman–Crippen LogP) is 3.18. The number of nitrogens with zero attached hydrogens (tertiary/aromatic N) is 1. The van der Waals surface area contributed by atoms with E-state index in [0.29, 0.717) is 32.0 Å². The third kappa shape index (κ3) is 8.02. The van der Waals surface area contributed by atoms with Crippen molar-refractivity contribution in [1.29, 1.82) is 0 Å². The van der Waals surface area contributed by atoms with Crippen LogP contribution in [0.4, 0.5) is 0 Å². The van der Waals surface area contributed by atoms with Gasteiger partial charge in [0.05, 0.1) is 6.10 Å². The van der Waals surface area contributed by atoms with Crippen LogP contribution in [0.2, 0.25) is 0 Å². The maximum atomic E-state index is 13.4. The molecular weight excluding hydrogens is 492 g/mol. The van der Waals surface area contributed by atoms with Gasteiger partial charge in [-0.1, -0.05) is 63.2 Å². The lowest BCUT2D eigenvalue weighted by atomic mass is 9.94. The van der Waals surface area contributed by atoms with E-state index in [1.807, 2.05) is 51.1 Å². The molecule has 2 aliphatic heterocycles. The first kappa shape index (κ1) is 29.0. The van der Waals surface area contributed by atoms with Gasteiger partial charge in [-0.2, -0.15) is 0 Å². The van der Waals surface area contributed by atoms with Gasteiger partial charge in [-0.3, -0.25) is 14.4 Å². The number of fused-ring (bicyclic) bond motifs is 1. The highest BCUT2D eigenvalue weighted by atomic mass is 16.5. The normalized spacial score (nSPS) is 20.2. The summed E-state index contributed by atoms with van der Waals surface area (Å²) in [5, 5.41) is 11.6. The number of likely N-dealkylation sites (tertiary alicyclic amines) is 1. The molecule has 212 valence electrons. The SMILES string of the molecule is CC(C)(C)C(=O)N1CCCC1C(=O)N[C@H](Cc1ccc2ccccc2c1)C(=O)NCCCNCC1CCCO1. The van der Waals surface area contributed by atoms with Gasteiger partial charge < -0.3 is 25.6 Å². The van der Waals surface area contributed by atoms with Gasteiger partial charge >= 0.3 is 0 Å². The van der Waals surface area contributed by atoms with Crippen LogP contribution in [0.5, 0.6) is 0 Å². The summed E-state index contributed by atoms with van der Waals surface area (Å²) in [5.41, 5.74) is 0.407. The van der Waals surface area contributed by atoms with Crippen LogP contribution in [0.15, 0.2) is 42.5 Å². The molecule has 2 aromatic carbocycles. The maximum absolute atomic E-state index is 13.4. The second-order valence-electron chi connectivity index (χ2n) is 11.8. The molecule has 4 rings (SSSR count). The fraction of sp³-hybridized carbons (Fsp3) is 0.581. The molecule has 2 aromatic rings. The molecule has 2 aliphatic rings. The number of hydrogen-bond acceptors (Lipinski definition) is 5. The Morgan fingerprint density at radius 1 is 1.03 bits per heavy atom. The second-order valence-corrected chi connectivity index (χ2v) is 11.8. The highest BCUT2D eigenvalue weighted by molar-refractivity contribution is 5.93. The van der Waals surface area contributed by atoms with E-state index in [0.717, 1.165) is 61.7 Å². The lowest BCUT2D eigenvalue weighted by molar-refractivity contribution is -0.145. The van der Waals surface area contributed by atoms with Crippen LogP contribution in [-0.4, -0.2) is 73.6 Å². The number of nitrogens with one attached hydrogen (secondary N) is 3. The number of amides is 3. The molecular formula is C31H44N4O4. The first-order chi connectivity index (χ1) is 18.7. The number of carbonyl (C=O) groups is 3. The minimum absolute atomic E-state index is 0.0359. The zero-order chi connectivity index (χ0) is 27.8. The third-order valence-corrected chi connectivity index (χ3v) is 7.57. The van der Waals surface area contributed by atoms with E-state index in [1.165, 1.54) is 0 Å². The first-order valence-corrected chi connectivity index (χ1v) is 14.4. The Hall–Kier alpha value is -2.97. The van der Waals surface area contributed by atoms with Crippen molar-refractivity contribution in [3.63, 3.8) is 0 Å². The van der Waals surface area contributed by atoms with Gasteiger partial charge in [0.2, 0.25) is 17.7 Å². The van der Waals surface area contributed by atoms with Gasteiger partial charge in [-0.25, -0.2) is 0 Å². The van der Waals surface area contributed by atoms with Crippen LogP contribution < -0.4 is 16.0 Å². The molecule has 2 heterocycles. The van der Waals surface area contributed by atoms with E-state index in [2.05, 4.69) is 28.1 Å². The smallest absolute Gasteiger partial charge is 0.243 e. The Bertz CT molecular complexity index is 1140. The van der Waals surface area contributed by atoms with Crippen molar-refractivity contribution in [3.05, 3.63) is 48.0 Å². The summed E-state index contributed by atoms with van der Waals surface area (Å²) in [7, 11) is 0. The molecule has 0 aromatic heterocycles. The lowest BCUT2D eigenvalue weighted by Crippen LogP contribution is -2.55. The first-order valence-electron chi connectivity index (χ1n) is 14.4. The summed E-state index contributed by atoms with van der Waals surface area (Å²) >= 11 is 0. The standard InChI is InChI=1S/C31H44N4O4/c1-31(2,3)30(38)35-17-6-12-27(35)29(37)34-26(20-22-13-14-23-9-4-5-10-24(23)19-22)28(36)33-16-8-15-32-21-25-11-7-18-39-25/h4-5,9-10,13-14,19,25-27,32H,6-8,11-12,15-18,20-21H2,1-3H3,(H,33,36)(H,34,37)/t25?,26-,27?/m1/s1. The minimum atomic E-state index is -0.731. The van der Waals surface area contributed by atoms with Crippen LogP contribution in [0.1, 0.15) is 58.4 Å². The Labute approximate surface area is 232 Å². The van der Waals surface area contributed by atoms with E-state index in [1.54, 1.807) is 4.90 Å². The highest BCUT2D eigenvalue weighted by Gasteiger charge is 2.39. The molecule has 0 aliphatic carbocycles. The van der Waals surface area contributed by atoms with E-state index >= 15 is 0 Å². The summed E-state index contributed by atoms with van der Waals surface area (Å²) in [6.45, 7) is 9.15. The number of rotatable bonds is 11. The van der Waals surface area contributed by atoms with Crippen molar-refractivity contribution in [1.82, 2.24) is 20.9 Å². The van der Waals surface area contributed by atoms with Crippen LogP contribution in [0.25, 0.3) is 10.8 Å². The van der Waals surface area contributed by atoms with Crippen molar-refractivity contribution in [2.45, 2.75) is 77.5 Å². The topological polar surface area (TPSA) is 99.8 Å². The lowest BCUT2D eigenvalue weighted by Gasteiger charge is -2.31. The summed E-state index contributed by atoms with van der Waals surface area (Å²) < 4.78 is 5.64. The second kappa shape index (κ2) is 13.4. The maximum Gasteiger partial charge on any atom is 0.243 e. The zero-order valence-electron chi connectivity index (χ0n) is 23.6. The van der Waals surface area contributed by atoms with E-state index in [-0.39, 0.29) is 17.7 Å². The van der Waals surface area contributed by atoms with Gasteiger partial charge in [0.25, 0.3) is 0 Å². The quantitative estimate of drug-likeness (QED) is 0.383. The minimum Gasteiger partial charge on any atom is -0.377 e. The Kier molecular flexibility index (Phi) is 9.97. The molecule has 3 atom stereocenters. The Balaban J connectivity index is 1.38. The molecule has 3 amide bonds. The molecule has 2 fully saturated rings. The molecule has 8 heteroatoms. The average molecular weight is 537 g/mol. The van der Waals surface area contributed by atoms with Gasteiger partial charge in [0.1, 0.15) is 12.1 Å². The molecule has 0 saturated carbocycles. The summed E-state index contributed by atoms with van der Waals surface area (Å²) in [4.78, 5) is 41.4. The van der Waals surface area contributed by atoms with Crippen LogP contribution in [0, 0.1) is 5.41 Å².